The predicted octanol–water partition coefficient (Wildman–Crippen LogP) is 4.06. The summed E-state index contributed by atoms with van der Waals surface area (Å²) in [4.78, 5) is 7.82. The molecule has 114 valence electrons. The molecule has 21 heavy (non-hydrogen) atoms. The van der Waals surface area contributed by atoms with Gasteiger partial charge in [-0.25, -0.2) is 4.98 Å². The van der Waals surface area contributed by atoms with Gasteiger partial charge in [-0.05, 0) is 44.5 Å². The van der Waals surface area contributed by atoms with Crippen molar-refractivity contribution in [2.45, 2.75) is 39.2 Å². The minimum atomic E-state index is -0.829. The van der Waals surface area contributed by atoms with E-state index >= 15 is 0 Å². The van der Waals surface area contributed by atoms with E-state index in [1.54, 1.807) is 11.3 Å². The van der Waals surface area contributed by atoms with Gasteiger partial charge in [0.05, 0.1) is 16.2 Å². The third-order valence-electron chi connectivity index (χ3n) is 3.37. The van der Waals surface area contributed by atoms with E-state index in [-0.39, 0.29) is 0 Å². The summed E-state index contributed by atoms with van der Waals surface area (Å²) in [5.74, 6) is 0. The Bertz CT molecular complexity index is 594. The fourth-order valence-electron chi connectivity index (χ4n) is 2.26. The molecule has 1 aromatic heterocycles. The average molecular weight is 304 g/mol. The van der Waals surface area contributed by atoms with Crippen molar-refractivity contribution in [1.29, 1.82) is 0 Å². The maximum Gasteiger partial charge on any atom is 0.123 e. The summed E-state index contributed by atoms with van der Waals surface area (Å²) in [6.45, 7) is 5.80. The molecular weight excluding hydrogens is 280 g/mol. The Labute approximate surface area is 131 Å². The molecule has 0 aliphatic rings. The first-order valence-electron chi connectivity index (χ1n) is 7.33. The lowest BCUT2D eigenvalue weighted by molar-refractivity contribution is 0.0813. The van der Waals surface area contributed by atoms with Gasteiger partial charge in [0.1, 0.15) is 5.01 Å². The molecule has 0 unspecified atom stereocenters. The van der Waals surface area contributed by atoms with Crippen molar-refractivity contribution < 1.29 is 5.11 Å². The van der Waals surface area contributed by atoms with Crippen LogP contribution in [0.15, 0.2) is 24.3 Å². The molecule has 0 radical (unpaired) electrons. The van der Waals surface area contributed by atoms with Gasteiger partial charge in [-0.15, -0.1) is 11.3 Å². The first-order valence-corrected chi connectivity index (χ1v) is 8.15. The molecule has 0 spiro atoms. The van der Waals surface area contributed by atoms with E-state index in [1.807, 2.05) is 27.9 Å². The van der Waals surface area contributed by atoms with Crippen LogP contribution >= 0.6 is 11.3 Å². The molecule has 0 aliphatic carbocycles. The Morgan fingerprint density at radius 1 is 1.19 bits per heavy atom. The van der Waals surface area contributed by atoms with Crippen molar-refractivity contribution in [2.24, 2.45) is 0 Å². The first kappa shape index (κ1) is 16.0. The maximum atomic E-state index is 10.3. The molecular formula is C17H24N2OS. The molecule has 1 N–H and O–H groups in total. The number of nitrogens with zero attached hydrogens (tertiary/aromatic N) is 2. The minimum Gasteiger partial charge on any atom is -0.385 e. The van der Waals surface area contributed by atoms with Crippen LogP contribution < -0.4 is 4.90 Å². The number of aliphatic hydroxyl groups is 1. The third kappa shape index (κ3) is 3.63. The second-order valence-electron chi connectivity index (χ2n) is 6.05. The highest BCUT2D eigenvalue weighted by molar-refractivity contribution is 7.15. The van der Waals surface area contributed by atoms with Crippen molar-refractivity contribution in [1.82, 2.24) is 4.98 Å². The van der Waals surface area contributed by atoms with Gasteiger partial charge in [-0.2, -0.15) is 0 Å². The predicted molar refractivity (Wildman–Crippen MR) is 91.1 cm³/mol. The van der Waals surface area contributed by atoms with Crippen molar-refractivity contribution in [3.63, 3.8) is 0 Å². The summed E-state index contributed by atoms with van der Waals surface area (Å²) in [6.07, 6.45) is 1.94. The molecule has 3 nitrogen and oxygen atoms in total. The lowest BCUT2D eigenvalue weighted by atomic mass is 10.0. The number of hydrogen-bond acceptors (Lipinski definition) is 4. The largest absolute Gasteiger partial charge is 0.385 e. The van der Waals surface area contributed by atoms with Gasteiger partial charge >= 0.3 is 0 Å². The highest BCUT2D eigenvalue weighted by Crippen LogP contribution is 2.35. The van der Waals surface area contributed by atoms with Crippen molar-refractivity contribution in [3.05, 3.63) is 34.8 Å². The quantitative estimate of drug-likeness (QED) is 0.905. The number of aromatic nitrogens is 1. The molecule has 2 aromatic rings. The highest BCUT2D eigenvalue weighted by atomic mass is 32.1. The van der Waals surface area contributed by atoms with Gasteiger partial charge in [0.15, 0.2) is 0 Å². The SMILES string of the molecule is CCCc1nc(-c2ccc(N(C)C)cc2)sc1C(C)(C)O. The summed E-state index contributed by atoms with van der Waals surface area (Å²) in [7, 11) is 4.06. The van der Waals surface area contributed by atoms with Gasteiger partial charge in [-0.1, -0.05) is 13.3 Å². The van der Waals surface area contributed by atoms with E-state index in [4.69, 9.17) is 4.98 Å². The number of hydrogen-bond donors (Lipinski definition) is 1. The van der Waals surface area contributed by atoms with Crippen LogP contribution in [0.5, 0.6) is 0 Å². The van der Waals surface area contributed by atoms with Crippen LogP contribution in [-0.2, 0) is 12.0 Å². The summed E-state index contributed by atoms with van der Waals surface area (Å²) in [6, 6.07) is 8.38. The lowest BCUT2D eigenvalue weighted by Crippen LogP contribution is -2.15. The summed E-state index contributed by atoms with van der Waals surface area (Å²) in [5, 5.41) is 11.3. The van der Waals surface area contributed by atoms with E-state index in [2.05, 4.69) is 36.1 Å². The summed E-state index contributed by atoms with van der Waals surface area (Å²) < 4.78 is 0. The Morgan fingerprint density at radius 2 is 1.81 bits per heavy atom. The smallest absolute Gasteiger partial charge is 0.123 e. The normalized spacial score (nSPS) is 11.7. The second-order valence-corrected chi connectivity index (χ2v) is 7.04. The zero-order chi connectivity index (χ0) is 15.6. The van der Waals surface area contributed by atoms with Crippen LogP contribution in [0.25, 0.3) is 10.6 Å². The van der Waals surface area contributed by atoms with Crippen LogP contribution in [0.4, 0.5) is 5.69 Å². The van der Waals surface area contributed by atoms with Crippen LogP contribution in [0.2, 0.25) is 0 Å². The Kier molecular flexibility index (Phi) is 4.69. The van der Waals surface area contributed by atoms with E-state index in [1.165, 1.54) is 5.69 Å². The monoisotopic (exact) mass is 304 g/mol. The molecule has 0 amide bonds. The first-order chi connectivity index (χ1) is 9.82. The molecule has 0 atom stereocenters. The Balaban J connectivity index is 2.40. The van der Waals surface area contributed by atoms with Crippen LogP contribution in [0.3, 0.4) is 0 Å². The molecule has 0 saturated heterocycles. The zero-order valence-electron chi connectivity index (χ0n) is 13.5. The van der Waals surface area contributed by atoms with Gasteiger partial charge in [-0.3, -0.25) is 0 Å². The Morgan fingerprint density at radius 3 is 2.29 bits per heavy atom. The highest BCUT2D eigenvalue weighted by Gasteiger charge is 2.24. The third-order valence-corrected chi connectivity index (χ3v) is 4.83. The number of anilines is 1. The van der Waals surface area contributed by atoms with Crippen LogP contribution in [0.1, 0.15) is 37.8 Å². The number of benzene rings is 1. The lowest BCUT2D eigenvalue weighted by Gasteiger charge is -2.16. The molecule has 1 heterocycles. The standard InChI is InChI=1S/C17H24N2OS/c1-6-7-14-15(17(2,3)20)21-16(18-14)12-8-10-13(11-9-12)19(4)5/h8-11,20H,6-7H2,1-5H3. The molecule has 2 rings (SSSR count). The fourth-order valence-corrected chi connectivity index (χ4v) is 3.38. The molecule has 0 bridgehead atoms. The molecule has 0 saturated carbocycles. The fraction of sp³-hybridized carbons (Fsp3) is 0.471. The van der Waals surface area contributed by atoms with E-state index in [9.17, 15) is 5.11 Å². The topological polar surface area (TPSA) is 36.4 Å². The molecule has 0 fully saturated rings. The molecule has 1 aromatic carbocycles. The van der Waals surface area contributed by atoms with E-state index in [0.717, 1.165) is 34.0 Å². The number of thiazole rings is 1. The van der Waals surface area contributed by atoms with Crippen LogP contribution in [-0.4, -0.2) is 24.2 Å². The van der Waals surface area contributed by atoms with Crippen molar-refractivity contribution in [3.8, 4) is 10.6 Å². The number of rotatable bonds is 5. The van der Waals surface area contributed by atoms with Gasteiger partial charge in [0.2, 0.25) is 0 Å². The maximum absolute atomic E-state index is 10.3. The summed E-state index contributed by atoms with van der Waals surface area (Å²) in [5.41, 5.74) is 2.48. The van der Waals surface area contributed by atoms with Gasteiger partial charge in [0.25, 0.3) is 0 Å². The Hall–Kier alpha value is -1.39. The summed E-state index contributed by atoms with van der Waals surface area (Å²) >= 11 is 1.60. The number of aryl methyl sites for hydroxylation is 1. The molecule has 4 heteroatoms. The van der Waals surface area contributed by atoms with Gasteiger partial charge in [0, 0.05) is 25.3 Å². The van der Waals surface area contributed by atoms with E-state index < -0.39 is 5.60 Å². The average Bonchev–Trinajstić information content (AvgIpc) is 2.83. The van der Waals surface area contributed by atoms with Crippen molar-refractivity contribution >= 4 is 17.0 Å². The zero-order valence-corrected chi connectivity index (χ0v) is 14.3. The van der Waals surface area contributed by atoms with Gasteiger partial charge < -0.3 is 10.0 Å². The van der Waals surface area contributed by atoms with E-state index in [0.29, 0.717) is 0 Å². The second kappa shape index (κ2) is 6.16. The van der Waals surface area contributed by atoms with Crippen molar-refractivity contribution in [2.75, 3.05) is 19.0 Å². The minimum absolute atomic E-state index is 0.829. The van der Waals surface area contributed by atoms with Crippen LogP contribution in [0, 0.1) is 0 Å². The molecule has 0 aliphatic heterocycles.